The Labute approximate surface area is 129 Å². The quantitative estimate of drug-likeness (QED) is 0.890. The van der Waals surface area contributed by atoms with Gasteiger partial charge in [0.15, 0.2) is 0 Å². The van der Waals surface area contributed by atoms with Crippen molar-refractivity contribution in [1.82, 2.24) is 10.3 Å². The summed E-state index contributed by atoms with van der Waals surface area (Å²) in [5.41, 5.74) is -0.517. The van der Waals surface area contributed by atoms with Gasteiger partial charge in [0, 0.05) is 11.6 Å². The first kappa shape index (κ1) is 15.9. The molecule has 116 valence electrons. The highest BCUT2D eigenvalue weighted by atomic mass is 16.4. The summed E-state index contributed by atoms with van der Waals surface area (Å²) in [6.45, 7) is 5.52. The molecule has 1 aromatic carbocycles. The summed E-state index contributed by atoms with van der Waals surface area (Å²) >= 11 is 0. The number of hydrogen-bond acceptors (Lipinski definition) is 3. The molecule has 0 saturated carbocycles. The van der Waals surface area contributed by atoms with E-state index in [4.69, 9.17) is 5.11 Å². The third-order valence-electron chi connectivity index (χ3n) is 4.08. The fourth-order valence-corrected chi connectivity index (χ4v) is 2.33. The Hall–Kier alpha value is -2.43. The van der Waals surface area contributed by atoms with Crippen LogP contribution >= 0.6 is 0 Å². The Morgan fingerprint density at radius 3 is 2.59 bits per heavy atom. The van der Waals surface area contributed by atoms with E-state index in [1.165, 1.54) is 0 Å². The number of carbonyl (C=O) groups excluding carboxylic acids is 1. The number of carboxylic acids is 1. The molecule has 22 heavy (non-hydrogen) atoms. The standard InChI is InChI=1S/C17H20N2O3/c1-11(2)17(3,10-14(20)21)19-16(22)15-13-7-5-4-6-12(13)8-9-18-15/h4-9,11H,10H2,1-3H3,(H,19,22)(H,20,21). The maximum atomic E-state index is 12.6. The van der Waals surface area contributed by atoms with Crippen LogP contribution in [0.25, 0.3) is 10.8 Å². The smallest absolute Gasteiger partial charge is 0.305 e. The number of fused-ring (bicyclic) bond motifs is 1. The van der Waals surface area contributed by atoms with Crippen LogP contribution in [0.15, 0.2) is 36.5 Å². The second-order valence-electron chi connectivity index (χ2n) is 5.98. The lowest BCUT2D eigenvalue weighted by atomic mass is 9.85. The third-order valence-corrected chi connectivity index (χ3v) is 4.08. The van der Waals surface area contributed by atoms with E-state index in [2.05, 4.69) is 10.3 Å². The van der Waals surface area contributed by atoms with Crippen molar-refractivity contribution in [2.24, 2.45) is 5.92 Å². The highest BCUT2D eigenvalue weighted by molar-refractivity contribution is 6.05. The van der Waals surface area contributed by atoms with Crippen LogP contribution in [0.2, 0.25) is 0 Å². The summed E-state index contributed by atoms with van der Waals surface area (Å²) in [6, 6.07) is 9.32. The number of carboxylic acid groups (broad SMARTS) is 1. The molecule has 0 aliphatic rings. The van der Waals surface area contributed by atoms with E-state index in [0.29, 0.717) is 5.69 Å². The van der Waals surface area contributed by atoms with Crippen molar-refractivity contribution < 1.29 is 14.7 Å². The van der Waals surface area contributed by atoms with Crippen LogP contribution in [0.5, 0.6) is 0 Å². The first-order valence-electron chi connectivity index (χ1n) is 7.21. The third kappa shape index (κ3) is 3.24. The largest absolute Gasteiger partial charge is 0.481 e. The first-order chi connectivity index (χ1) is 10.3. The summed E-state index contributed by atoms with van der Waals surface area (Å²) in [7, 11) is 0. The lowest BCUT2D eigenvalue weighted by Gasteiger charge is -2.33. The lowest BCUT2D eigenvalue weighted by molar-refractivity contribution is -0.138. The molecule has 2 N–H and O–H groups in total. The zero-order valence-corrected chi connectivity index (χ0v) is 13.0. The molecule has 1 heterocycles. The number of nitrogens with zero attached hydrogens (tertiary/aromatic N) is 1. The summed E-state index contributed by atoms with van der Waals surface area (Å²) in [4.78, 5) is 27.8. The molecule has 0 fully saturated rings. The Bertz CT molecular complexity index is 707. The van der Waals surface area contributed by atoms with Gasteiger partial charge in [0.25, 0.3) is 5.91 Å². The Morgan fingerprint density at radius 2 is 1.95 bits per heavy atom. The van der Waals surface area contributed by atoms with Gasteiger partial charge in [0.05, 0.1) is 12.0 Å². The van der Waals surface area contributed by atoms with Gasteiger partial charge in [-0.25, -0.2) is 0 Å². The summed E-state index contributed by atoms with van der Waals surface area (Å²) in [6.07, 6.45) is 1.45. The second kappa shape index (κ2) is 6.13. The van der Waals surface area contributed by atoms with Crippen molar-refractivity contribution in [3.63, 3.8) is 0 Å². The van der Waals surface area contributed by atoms with Crippen molar-refractivity contribution in [3.8, 4) is 0 Å². The molecule has 1 atom stereocenters. The normalized spacial score (nSPS) is 13.8. The van der Waals surface area contributed by atoms with E-state index in [1.807, 2.05) is 44.2 Å². The molecule has 1 aromatic heterocycles. The van der Waals surface area contributed by atoms with Crippen LogP contribution in [0.3, 0.4) is 0 Å². The van der Waals surface area contributed by atoms with Gasteiger partial charge < -0.3 is 10.4 Å². The number of carbonyl (C=O) groups is 2. The van der Waals surface area contributed by atoms with Crippen molar-refractivity contribution in [2.45, 2.75) is 32.7 Å². The van der Waals surface area contributed by atoms with E-state index in [1.54, 1.807) is 13.1 Å². The molecule has 0 spiro atoms. The number of aromatic nitrogens is 1. The van der Waals surface area contributed by atoms with Gasteiger partial charge in [0.2, 0.25) is 0 Å². The molecule has 0 radical (unpaired) electrons. The molecule has 0 bridgehead atoms. The molecule has 0 aliphatic carbocycles. The Morgan fingerprint density at radius 1 is 1.27 bits per heavy atom. The molecule has 2 rings (SSSR count). The van der Waals surface area contributed by atoms with E-state index in [-0.39, 0.29) is 18.2 Å². The zero-order chi connectivity index (χ0) is 16.3. The SMILES string of the molecule is CC(C)C(C)(CC(=O)O)NC(=O)c1nccc2ccccc12. The Balaban J connectivity index is 2.36. The van der Waals surface area contributed by atoms with Gasteiger partial charge in [0.1, 0.15) is 5.69 Å². The second-order valence-corrected chi connectivity index (χ2v) is 5.98. The predicted octanol–water partition coefficient (Wildman–Crippen LogP) is 2.85. The minimum absolute atomic E-state index is 0.0254. The van der Waals surface area contributed by atoms with Crippen LogP contribution in [-0.4, -0.2) is 27.5 Å². The maximum absolute atomic E-state index is 12.6. The van der Waals surface area contributed by atoms with Crippen LogP contribution in [0.1, 0.15) is 37.7 Å². The number of nitrogens with one attached hydrogen (secondary N) is 1. The first-order valence-corrected chi connectivity index (χ1v) is 7.21. The van der Waals surface area contributed by atoms with Crippen LogP contribution < -0.4 is 5.32 Å². The fraction of sp³-hybridized carbons (Fsp3) is 0.353. The van der Waals surface area contributed by atoms with Gasteiger partial charge in [-0.2, -0.15) is 0 Å². The number of amides is 1. The summed E-state index contributed by atoms with van der Waals surface area (Å²) in [5.74, 6) is -1.32. The molecule has 5 heteroatoms. The minimum atomic E-state index is -0.942. The average Bonchev–Trinajstić information content (AvgIpc) is 2.45. The summed E-state index contributed by atoms with van der Waals surface area (Å²) in [5, 5.41) is 13.6. The lowest BCUT2D eigenvalue weighted by Crippen LogP contribution is -2.51. The van der Waals surface area contributed by atoms with Crippen molar-refractivity contribution in [3.05, 3.63) is 42.2 Å². The average molecular weight is 300 g/mol. The van der Waals surface area contributed by atoms with Crippen molar-refractivity contribution in [2.75, 3.05) is 0 Å². The van der Waals surface area contributed by atoms with Gasteiger partial charge >= 0.3 is 5.97 Å². The van der Waals surface area contributed by atoms with Crippen LogP contribution in [-0.2, 0) is 4.79 Å². The molecule has 1 amide bonds. The summed E-state index contributed by atoms with van der Waals surface area (Å²) < 4.78 is 0. The molecule has 0 saturated heterocycles. The number of benzene rings is 1. The van der Waals surface area contributed by atoms with Crippen LogP contribution in [0, 0.1) is 5.92 Å². The predicted molar refractivity (Wildman–Crippen MR) is 84.7 cm³/mol. The van der Waals surface area contributed by atoms with Crippen LogP contribution in [0.4, 0.5) is 0 Å². The van der Waals surface area contributed by atoms with Gasteiger partial charge in [-0.15, -0.1) is 0 Å². The molecular weight excluding hydrogens is 280 g/mol. The Kier molecular flexibility index (Phi) is 4.45. The monoisotopic (exact) mass is 300 g/mol. The van der Waals surface area contributed by atoms with E-state index < -0.39 is 11.5 Å². The maximum Gasteiger partial charge on any atom is 0.305 e. The van der Waals surface area contributed by atoms with E-state index >= 15 is 0 Å². The number of aliphatic carboxylic acids is 1. The topological polar surface area (TPSA) is 79.3 Å². The fourth-order valence-electron chi connectivity index (χ4n) is 2.33. The minimum Gasteiger partial charge on any atom is -0.481 e. The highest BCUT2D eigenvalue weighted by Gasteiger charge is 2.33. The van der Waals surface area contributed by atoms with Crippen molar-refractivity contribution >= 4 is 22.6 Å². The number of pyridine rings is 1. The van der Waals surface area contributed by atoms with Gasteiger partial charge in [-0.3, -0.25) is 14.6 Å². The van der Waals surface area contributed by atoms with E-state index in [0.717, 1.165) is 10.8 Å². The van der Waals surface area contributed by atoms with Gasteiger partial charge in [-0.05, 0) is 24.3 Å². The highest BCUT2D eigenvalue weighted by Crippen LogP contribution is 2.23. The van der Waals surface area contributed by atoms with E-state index in [9.17, 15) is 9.59 Å². The zero-order valence-electron chi connectivity index (χ0n) is 13.0. The molecule has 2 aromatic rings. The molecule has 1 unspecified atom stereocenters. The van der Waals surface area contributed by atoms with Crippen molar-refractivity contribution in [1.29, 1.82) is 0 Å². The molecular formula is C17H20N2O3. The number of hydrogen-bond donors (Lipinski definition) is 2. The number of rotatable bonds is 5. The van der Waals surface area contributed by atoms with Gasteiger partial charge in [-0.1, -0.05) is 38.1 Å². The molecule has 0 aliphatic heterocycles. The molecule has 5 nitrogen and oxygen atoms in total.